The number of imidazole rings is 1. The second kappa shape index (κ2) is 4.28. The number of hydrogen-bond donors (Lipinski definition) is 2. The molecule has 0 atom stereocenters. The van der Waals surface area contributed by atoms with Gasteiger partial charge in [0.05, 0.1) is 16.7 Å². The average Bonchev–Trinajstić information content (AvgIpc) is 2.68. The van der Waals surface area contributed by atoms with Crippen LogP contribution in [-0.2, 0) is 4.79 Å². The Balaban J connectivity index is 2.00. The quantitative estimate of drug-likeness (QED) is 0.777. The summed E-state index contributed by atoms with van der Waals surface area (Å²) in [6.07, 6.45) is 0.964. The molecule has 1 aliphatic rings. The van der Waals surface area contributed by atoms with Gasteiger partial charge in [-0.05, 0) is 6.07 Å². The number of aromatic nitrogens is 2. The predicted octanol–water partition coefficient (Wildman–Crippen LogP) is 2.16. The Morgan fingerprint density at radius 1 is 1.33 bits per heavy atom. The number of carbonyl (C=O) groups excluding carboxylic acids is 1. The van der Waals surface area contributed by atoms with Crippen molar-refractivity contribution in [3.63, 3.8) is 0 Å². The minimum atomic E-state index is -0.297. The van der Waals surface area contributed by atoms with E-state index in [1.807, 2.05) is 4.90 Å². The van der Waals surface area contributed by atoms with E-state index in [4.69, 9.17) is 0 Å². The van der Waals surface area contributed by atoms with Gasteiger partial charge in [0.15, 0.2) is 5.16 Å². The zero-order chi connectivity index (χ0) is 12.7. The highest BCUT2D eigenvalue weighted by Gasteiger charge is 2.20. The molecule has 1 aromatic carbocycles. The van der Waals surface area contributed by atoms with Crippen LogP contribution < -0.4 is 4.90 Å². The summed E-state index contributed by atoms with van der Waals surface area (Å²) in [5.74, 6) is -0.0565. The summed E-state index contributed by atoms with van der Waals surface area (Å²) in [5, 5.41) is 0.468. The van der Waals surface area contributed by atoms with Gasteiger partial charge in [0.25, 0.3) is 0 Å². The zero-order valence-corrected chi connectivity index (χ0v) is 10.5. The second-order valence-electron chi connectivity index (χ2n) is 4.41. The lowest BCUT2D eigenvalue weighted by Gasteiger charge is -2.28. The lowest BCUT2D eigenvalue weighted by Crippen LogP contribution is -2.34. The number of ketones is 1. The molecule has 18 heavy (non-hydrogen) atoms. The number of piperidine rings is 1. The molecule has 0 saturated carbocycles. The molecule has 0 spiro atoms. The standard InChI is InChI=1S/C12H12FN3OS/c13-8-5-9-10(15-12(18)14-9)6-11(8)16-3-1-7(17)2-4-16/h5-6H,1-4H2,(H2,14,15,18). The minimum Gasteiger partial charge on any atom is -0.368 e. The molecule has 4 nitrogen and oxygen atoms in total. The van der Waals surface area contributed by atoms with E-state index in [0.717, 1.165) is 0 Å². The summed E-state index contributed by atoms with van der Waals surface area (Å²) < 4.78 is 14.0. The van der Waals surface area contributed by atoms with E-state index in [1.54, 1.807) is 6.07 Å². The first-order chi connectivity index (χ1) is 8.63. The summed E-state index contributed by atoms with van der Waals surface area (Å²) in [4.78, 5) is 20.1. The second-order valence-corrected chi connectivity index (χ2v) is 4.83. The molecule has 0 unspecified atom stereocenters. The van der Waals surface area contributed by atoms with Crippen LogP contribution in [0.3, 0.4) is 0 Å². The Kier molecular flexibility index (Phi) is 2.74. The molecule has 6 heteroatoms. The number of nitrogens with one attached hydrogen (secondary N) is 1. The fourth-order valence-electron chi connectivity index (χ4n) is 2.25. The number of H-pyrrole nitrogens is 1. The highest BCUT2D eigenvalue weighted by atomic mass is 32.1. The van der Waals surface area contributed by atoms with E-state index in [2.05, 4.69) is 22.6 Å². The molecular formula is C12H12FN3OS. The zero-order valence-electron chi connectivity index (χ0n) is 9.61. The van der Waals surface area contributed by atoms with E-state index in [1.165, 1.54) is 6.07 Å². The van der Waals surface area contributed by atoms with Crippen LogP contribution in [0.2, 0.25) is 0 Å². The van der Waals surface area contributed by atoms with Crippen LogP contribution in [0.15, 0.2) is 17.3 Å². The number of anilines is 1. The summed E-state index contributed by atoms with van der Waals surface area (Å²) in [7, 11) is 0. The third-order valence-corrected chi connectivity index (χ3v) is 3.41. The average molecular weight is 265 g/mol. The predicted molar refractivity (Wildman–Crippen MR) is 69.8 cm³/mol. The van der Waals surface area contributed by atoms with Crippen molar-refractivity contribution in [1.29, 1.82) is 0 Å². The Labute approximate surface area is 109 Å². The summed E-state index contributed by atoms with van der Waals surface area (Å²) in [6, 6.07) is 3.13. The fourth-order valence-corrected chi connectivity index (χ4v) is 2.47. The van der Waals surface area contributed by atoms with Crippen molar-refractivity contribution in [3.8, 4) is 0 Å². The highest BCUT2D eigenvalue weighted by Crippen LogP contribution is 2.27. The maximum absolute atomic E-state index is 14.0. The van der Waals surface area contributed by atoms with Crippen molar-refractivity contribution in [2.75, 3.05) is 18.0 Å². The van der Waals surface area contributed by atoms with Crippen molar-refractivity contribution in [3.05, 3.63) is 17.9 Å². The van der Waals surface area contributed by atoms with E-state index < -0.39 is 0 Å². The summed E-state index contributed by atoms with van der Waals surface area (Å²) in [6.45, 7) is 1.14. The van der Waals surface area contributed by atoms with Gasteiger partial charge in [-0.2, -0.15) is 0 Å². The highest BCUT2D eigenvalue weighted by molar-refractivity contribution is 7.80. The first-order valence-corrected chi connectivity index (χ1v) is 6.23. The molecule has 2 aromatic rings. The molecule has 0 amide bonds. The van der Waals surface area contributed by atoms with E-state index in [9.17, 15) is 9.18 Å². The van der Waals surface area contributed by atoms with Gasteiger partial charge >= 0.3 is 0 Å². The Bertz CT molecular complexity index is 615. The largest absolute Gasteiger partial charge is 0.368 e. The number of rotatable bonds is 1. The number of hydrogen-bond acceptors (Lipinski definition) is 4. The first kappa shape index (κ1) is 11.5. The smallest absolute Gasteiger partial charge is 0.163 e. The Morgan fingerprint density at radius 3 is 2.78 bits per heavy atom. The van der Waals surface area contributed by atoms with Crippen molar-refractivity contribution < 1.29 is 9.18 Å². The van der Waals surface area contributed by atoms with E-state index in [-0.39, 0.29) is 11.6 Å². The SMILES string of the molecule is O=C1CCN(c2cc3nc(S)[nH]c3cc2F)CC1. The van der Waals surface area contributed by atoms with Crippen LogP contribution >= 0.6 is 12.6 Å². The summed E-state index contributed by atoms with van der Waals surface area (Å²) >= 11 is 4.10. The lowest BCUT2D eigenvalue weighted by molar-refractivity contribution is -0.119. The molecule has 1 aromatic heterocycles. The Hall–Kier alpha value is -1.56. The van der Waals surface area contributed by atoms with Crippen LogP contribution in [0, 0.1) is 5.82 Å². The third-order valence-electron chi connectivity index (χ3n) is 3.20. The first-order valence-electron chi connectivity index (χ1n) is 5.78. The van der Waals surface area contributed by atoms with Crippen LogP contribution in [0.25, 0.3) is 11.0 Å². The Morgan fingerprint density at radius 2 is 2.06 bits per heavy atom. The molecule has 0 radical (unpaired) electrons. The van der Waals surface area contributed by atoms with Gasteiger partial charge in [-0.1, -0.05) is 0 Å². The number of carbonyl (C=O) groups is 1. The molecule has 1 fully saturated rings. The number of nitrogens with zero attached hydrogens (tertiary/aromatic N) is 2. The van der Waals surface area contributed by atoms with Crippen LogP contribution in [-0.4, -0.2) is 28.8 Å². The fraction of sp³-hybridized carbons (Fsp3) is 0.333. The molecule has 1 saturated heterocycles. The van der Waals surface area contributed by atoms with Crippen molar-refractivity contribution in [1.82, 2.24) is 9.97 Å². The van der Waals surface area contributed by atoms with Gasteiger partial charge in [-0.25, -0.2) is 9.37 Å². The van der Waals surface area contributed by atoms with Crippen molar-refractivity contribution >= 4 is 35.1 Å². The molecular weight excluding hydrogens is 253 g/mol. The van der Waals surface area contributed by atoms with Gasteiger partial charge in [-0.3, -0.25) is 4.79 Å². The molecule has 0 bridgehead atoms. The normalized spacial score (nSPS) is 16.6. The number of fused-ring (bicyclic) bond motifs is 1. The third kappa shape index (κ3) is 1.96. The molecule has 3 rings (SSSR count). The number of thiol groups is 1. The van der Waals surface area contributed by atoms with Crippen LogP contribution in [0.4, 0.5) is 10.1 Å². The van der Waals surface area contributed by atoms with Gasteiger partial charge in [0, 0.05) is 32.0 Å². The van der Waals surface area contributed by atoms with Gasteiger partial charge in [0.2, 0.25) is 0 Å². The van der Waals surface area contributed by atoms with Crippen LogP contribution in [0.5, 0.6) is 0 Å². The molecule has 94 valence electrons. The van der Waals surface area contributed by atoms with E-state index in [0.29, 0.717) is 47.8 Å². The topological polar surface area (TPSA) is 49.0 Å². The number of benzene rings is 1. The van der Waals surface area contributed by atoms with Crippen molar-refractivity contribution in [2.24, 2.45) is 0 Å². The maximum Gasteiger partial charge on any atom is 0.163 e. The molecule has 1 N–H and O–H groups in total. The minimum absolute atomic E-state index is 0.241. The van der Waals surface area contributed by atoms with Gasteiger partial charge in [-0.15, -0.1) is 12.6 Å². The lowest BCUT2D eigenvalue weighted by atomic mass is 10.1. The number of halogens is 1. The van der Waals surface area contributed by atoms with E-state index >= 15 is 0 Å². The van der Waals surface area contributed by atoms with Gasteiger partial charge < -0.3 is 9.88 Å². The number of Topliss-reactive ketones (excluding diaryl/α,β-unsaturated/α-hetero) is 1. The molecule has 1 aliphatic heterocycles. The number of aromatic amines is 1. The molecule has 2 heterocycles. The maximum atomic E-state index is 14.0. The van der Waals surface area contributed by atoms with Crippen molar-refractivity contribution in [2.45, 2.75) is 18.0 Å². The van der Waals surface area contributed by atoms with Crippen LogP contribution in [0.1, 0.15) is 12.8 Å². The summed E-state index contributed by atoms with van der Waals surface area (Å²) in [5.41, 5.74) is 1.83. The molecule has 0 aliphatic carbocycles. The monoisotopic (exact) mass is 265 g/mol. The van der Waals surface area contributed by atoms with Gasteiger partial charge in [0.1, 0.15) is 11.6 Å².